The number of ether oxygens (including phenoxy) is 4. The van der Waals surface area contributed by atoms with Gasteiger partial charge in [-0.15, -0.1) is 0 Å². The first kappa shape index (κ1) is 63.5. The van der Waals surface area contributed by atoms with E-state index in [0.717, 1.165) is 86.8 Å². The molecule has 0 aromatic heterocycles. The molecule has 2 saturated heterocycles. The SMILES string of the molecule is C.C.C.C.COC(=O)CCNC1CC[C@@]2(O)[C@H]3Cc4ccc(O)c5c4[C@@]2(CCN3CC2CC2)[C@H]1O5.COC(=O)CC[NH3+].O=C1CC[C@@]2(O)[C@H]3Cc4ccc(O)c5c4[C@@]2(CCN3CC2CC2)[C@H]1O5.O=C[O-].O=C[O-].[Cl-]. The van der Waals surface area contributed by atoms with E-state index in [0.29, 0.717) is 56.7 Å². The molecule has 8 N–H and O–H groups in total. The number of Topliss-reactive ketones (excluding diaryl/α,β-unsaturated/α-hetero) is 1. The molecule has 19 nitrogen and oxygen atoms in total. The summed E-state index contributed by atoms with van der Waals surface area (Å²) >= 11 is 0. The van der Waals surface area contributed by atoms with Crippen LogP contribution in [0.2, 0.25) is 0 Å². The van der Waals surface area contributed by atoms with E-state index in [-0.39, 0.29) is 95.6 Å². The number of phenols is 2. The number of hydrogen-bond donors (Lipinski definition) is 6. The van der Waals surface area contributed by atoms with E-state index in [4.69, 9.17) is 34.0 Å². The van der Waals surface area contributed by atoms with Crippen molar-refractivity contribution < 1.29 is 91.7 Å². The zero-order chi connectivity index (χ0) is 49.5. The highest BCUT2D eigenvalue weighted by Gasteiger charge is 2.74. The molecule has 0 radical (unpaired) electrons. The highest BCUT2D eigenvalue weighted by atomic mass is 35.5. The smallest absolute Gasteiger partial charge is 0.311 e. The summed E-state index contributed by atoms with van der Waals surface area (Å²) in [6, 6.07) is 7.57. The number of hydrogen-bond acceptors (Lipinski definition) is 18. The summed E-state index contributed by atoms with van der Waals surface area (Å²) in [4.78, 5) is 56.0. The van der Waals surface area contributed by atoms with Crippen LogP contribution in [0, 0.1) is 11.8 Å². The van der Waals surface area contributed by atoms with Gasteiger partial charge in [0.2, 0.25) is 0 Å². The molecule has 20 heteroatoms. The number of quaternary nitrogens is 1. The molecule has 10 aliphatic rings. The van der Waals surface area contributed by atoms with Crippen molar-refractivity contribution in [3.05, 3.63) is 46.5 Å². The van der Waals surface area contributed by atoms with E-state index >= 15 is 0 Å². The number of phenolic OH excluding ortho intramolecular Hbond substituents is 2. The Labute approximate surface area is 442 Å². The van der Waals surface area contributed by atoms with Crippen LogP contribution in [-0.4, -0.2) is 156 Å². The second-order valence-electron chi connectivity index (χ2n) is 20.3. The molecule has 4 heterocycles. The maximum Gasteiger partial charge on any atom is 0.311 e. The molecule has 4 bridgehead atoms. The lowest BCUT2D eigenvalue weighted by atomic mass is 9.48. The zero-order valence-corrected chi connectivity index (χ0v) is 40.7. The average molecular weight is 1060 g/mol. The van der Waals surface area contributed by atoms with Gasteiger partial charge in [-0.05, 0) is 119 Å². The number of carbonyl (C=O) groups excluding carboxylic acids is 5. The second kappa shape index (κ2) is 25.4. The lowest BCUT2D eigenvalue weighted by Crippen LogP contribution is -3.00. The molecule has 2 aromatic rings. The lowest BCUT2D eigenvalue weighted by Gasteiger charge is -2.64. The van der Waals surface area contributed by atoms with Crippen molar-refractivity contribution in [1.29, 1.82) is 0 Å². The highest BCUT2D eigenvalue weighted by molar-refractivity contribution is 5.90. The quantitative estimate of drug-likeness (QED) is 0.112. The number of likely N-dealkylation sites (tertiary alicyclic amines) is 2. The largest absolute Gasteiger partial charge is 1.00 e. The van der Waals surface area contributed by atoms with Gasteiger partial charge in [-0.2, -0.15) is 0 Å². The van der Waals surface area contributed by atoms with E-state index in [1.165, 1.54) is 45.5 Å². The number of carboxylic acid groups (broad SMARTS) is 2. The molecule has 1 unspecified atom stereocenters. The molecular weight excluding hydrogens is 980 g/mol. The van der Waals surface area contributed by atoms with Crippen molar-refractivity contribution in [3.63, 3.8) is 0 Å². The second-order valence-corrected chi connectivity index (χ2v) is 20.3. The van der Waals surface area contributed by atoms with E-state index < -0.39 is 41.1 Å². The van der Waals surface area contributed by atoms with Crippen LogP contribution in [0.25, 0.3) is 0 Å². The number of esters is 2. The van der Waals surface area contributed by atoms with Crippen molar-refractivity contribution in [2.24, 2.45) is 11.8 Å². The Kier molecular flexibility index (Phi) is 21.8. The van der Waals surface area contributed by atoms with Crippen LogP contribution in [0.5, 0.6) is 23.0 Å². The van der Waals surface area contributed by atoms with Crippen molar-refractivity contribution in [2.45, 2.75) is 172 Å². The summed E-state index contributed by atoms with van der Waals surface area (Å²) in [6.07, 6.45) is 10.5. The fraction of sp³-hybridized carbons (Fsp3) is 0.685. The third kappa shape index (κ3) is 10.7. The van der Waals surface area contributed by atoms with Gasteiger partial charge in [-0.3, -0.25) is 24.2 Å². The molecule has 4 saturated carbocycles. The Morgan fingerprint density at radius 2 is 1.20 bits per heavy atom. The number of nitrogens with zero attached hydrogens (tertiary/aromatic N) is 2. The molecule has 12 rings (SSSR count). The van der Waals surface area contributed by atoms with Crippen LogP contribution in [0.4, 0.5) is 0 Å². The fourth-order valence-corrected chi connectivity index (χ4v) is 13.7. The minimum absolute atomic E-state index is 0. The van der Waals surface area contributed by atoms with Gasteiger partial charge in [-0.1, -0.05) is 41.8 Å². The van der Waals surface area contributed by atoms with Crippen LogP contribution in [0.15, 0.2) is 24.3 Å². The minimum atomic E-state index is -0.940. The first-order valence-corrected chi connectivity index (χ1v) is 24.4. The lowest BCUT2D eigenvalue weighted by molar-refractivity contribution is -0.366. The monoisotopic (exact) mass is 1060 g/mol. The number of carbonyl (C=O) groups is 5. The predicted molar refractivity (Wildman–Crippen MR) is 266 cm³/mol. The maximum atomic E-state index is 12.7. The van der Waals surface area contributed by atoms with E-state index in [1.807, 2.05) is 12.1 Å². The van der Waals surface area contributed by atoms with Crippen LogP contribution in [0.3, 0.4) is 0 Å². The summed E-state index contributed by atoms with van der Waals surface area (Å²) in [7, 11) is 2.78. The molecule has 0 amide bonds. The number of rotatable bonds is 10. The molecule has 2 aromatic carbocycles. The molecule has 9 atom stereocenters. The topological polar surface area (TPSA) is 295 Å². The van der Waals surface area contributed by atoms with Gasteiger partial charge in [-0.25, -0.2) is 0 Å². The zero-order valence-electron chi connectivity index (χ0n) is 39.9. The third-order valence-electron chi connectivity index (χ3n) is 16.9. The maximum absolute atomic E-state index is 12.7. The number of nitrogens with one attached hydrogen (secondary N) is 1. The molecule has 6 fully saturated rings. The van der Waals surface area contributed by atoms with Gasteiger partial charge in [0.05, 0.1) is 55.6 Å². The number of methoxy groups -OCH3 is 2. The highest BCUT2D eigenvalue weighted by Crippen LogP contribution is 2.67. The Bertz CT molecular complexity index is 2280. The normalized spacial score (nSPS) is 30.9. The Hall–Kier alpha value is -4.76. The fourth-order valence-electron chi connectivity index (χ4n) is 13.7. The van der Waals surface area contributed by atoms with E-state index in [1.54, 1.807) is 12.1 Å². The average Bonchev–Trinajstić information content (AvgIpc) is 4.26. The molecule has 4 aliphatic heterocycles. The number of piperidine rings is 2. The molecule has 6 aliphatic carbocycles. The van der Waals surface area contributed by atoms with Gasteiger partial charge in [0.15, 0.2) is 34.9 Å². The summed E-state index contributed by atoms with van der Waals surface area (Å²) in [5.41, 5.74) is 4.80. The van der Waals surface area contributed by atoms with Crippen LogP contribution in [-0.2, 0) is 57.1 Å². The third-order valence-corrected chi connectivity index (χ3v) is 16.9. The van der Waals surface area contributed by atoms with Crippen LogP contribution < -0.4 is 43.1 Å². The number of ketones is 1. The molecular formula is C54H83ClN4O15-2. The van der Waals surface area contributed by atoms with E-state index in [9.17, 15) is 34.8 Å². The minimum Gasteiger partial charge on any atom is -1.00 e. The molecule has 2 spiro atoms. The molecule has 74 heavy (non-hydrogen) atoms. The van der Waals surface area contributed by atoms with Crippen LogP contribution in [0.1, 0.15) is 129 Å². The summed E-state index contributed by atoms with van der Waals surface area (Å²) in [5.74, 6) is 2.48. The number of benzene rings is 2. The standard InChI is InChI=1S/C24H32N2O5.C20H23NO4.C4H9NO2.2CH2O2.4CH4.ClH/c1-30-19(28)7-10-25-16-6-8-24(29)18-12-15-4-5-17(27)21-20(15)23(24,22(16)31-21)9-11-26(18)13-14-2-3-14;22-13-4-3-12-9-15-20(24)6-5-14(23)18-19(20,16(12)17(13)25-18)7-8-21(15)10-11-1-2-11;1-7-4(6)2-3-5;2*2-1-3;;;;;/h4-5,14,16,18,22,25,27,29H,2-3,6-13H2,1H3;3-4,11,15,18,22,24H,1-2,5-10H2;2-3,5H2,1H3;2*1H,(H,2,3);4*1H4;1H/p-2/t16?,18-,22+,23+,24-;15-,18+,19+,20-;;;;;;;;/m11......../s1. The predicted octanol–water partition coefficient (Wildman–Crippen LogP) is -1.93. The Morgan fingerprint density at radius 1 is 0.743 bits per heavy atom. The Balaban J connectivity index is 0.000000303. The Morgan fingerprint density at radius 3 is 1.68 bits per heavy atom. The number of aliphatic hydroxyl groups is 2. The van der Waals surface area contributed by atoms with Gasteiger partial charge in [0.25, 0.3) is 0 Å². The van der Waals surface area contributed by atoms with Crippen LogP contribution >= 0.6 is 0 Å². The molecule has 418 valence electrons. The first-order chi connectivity index (χ1) is 33.2. The first-order valence-electron chi connectivity index (χ1n) is 24.4. The van der Waals surface area contributed by atoms with Gasteiger partial charge in [0, 0.05) is 68.3 Å². The van der Waals surface area contributed by atoms with Gasteiger partial charge >= 0.3 is 11.9 Å². The summed E-state index contributed by atoms with van der Waals surface area (Å²) in [5, 5.41) is 65.3. The van der Waals surface area contributed by atoms with Gasteiger partial charge < -0.3 is 82.6 Å². The summed E-state index contributed by atoms with van der Waals surface area (Å²) in [6.45, 7) is 4.11. The van der Waals surface area contributed by atoms with Crippen molar-refractivity contribution in [3.8, 4) is 23.0 Å². The van der Waals surface area contributed by atoms with Crippen molar-refractivity contribution >= 4 is 30.7 Å². The van der Waals surface area contributed by atoms with E-state index in [2.05, 4.69) is 25.6 Å². The number of halogens is 1. The van der Waals surface area contributed by atoms with Gasteiger partial charge in [0.1, 0.15) is 6.10 Å². The van der Waals surface area contributed by atoms with Crippen molar-refractivity contribution in [1.82, 2.24) is 15.1 Å². The summed E-state index contributed by atoms with van der Waals surface area (Å²) < 4.78 is 21.6. The van der Waals surface area contributed by atoms with Crippen molar-refractivity contribution in [2.75, 3.05) is 53.5 Å². The number of aromatic hydroxyl groups is 2.